The lowest BCUT2D eigenvalue weighted by molar-refractivity contribution is 0.206. The van der Waals surface area contributed by atoms with Gasteiger partial charge in [-0.1, -0.05) is 18.2 Å². The smallest absolute Gasteiger partial charge is 0.129 e. The molecule has 1 unspecified atom stereocenters. The van der Waals surface area contributed by atoms with Gasteiger partial charge in [0.15, 0.2) is 0 Å². The fraction of sp³-hybridized carbons (Fsp3) is 0.200. The molecule has 2 nitrogen and oxygen atoms in total. The maximum Gasteiger partial charge on any atom is 0.129 e. The zero-order chi connectivity index (χ0) is 13.8. The molecule has 2 aromatic rings. The predicted octanol–water partition coefficient (Wildman–Crippen LogP) is 3.45. The van der Waals surface area contributed by atoms with Crippen LogP contribution in [0.2, 0.25) is 0 Å². The SMILES string of the molecule is CCOc1ccccc1C(O)c1cc(F)ccc1F. The first-order valence-corrected chi connectivity index (χ1v) is 5.98. The number of ether oxygens (including phenoxy) is 1. The Hall–Kier alpha value is -1.94. The van der Waals surface area contributed by atoms with Crippen LogP contribution in [0, 0.1) is 11.6 Å². The Morgan fingerprint density at radius 1 is 1.11 bits per heavy atom. The third kappa shape index (κ3) is 2.90. The quantitative estimate of drug-likeness (QED) is 0.916. The number of aliphatic hydroxyl groups excluding tert-OH is 1. The normalized spacial score (nSPS) is 12.2. The second-order valence-electron chi connectivity index (χ2n) is 4.04. The first-order chi connectivity index (χ1) is 9.13. The Balaban J connectivity index is 2.43. The third-order valence-corrected chi connectivity index (χ3v) is 2.77. The van der Waals surface area contributed by atoms with E-state index >= 15 is 0 Å². The molecule has 0 aliphatic rings. The molecule has 100 valence electrons. The fourth-order valence-corrected chi connectivity index (χ4v) is 1.89. The molecule has 0 bridgehead atoms. The predicted molar refractivity (Wildman–Crippen MR) is 68.0 cm³/mol. The Bertz CT molecular complexity index is 570. The van der Waals surface area contributed by atoms with Gasteiger partial charge in [0.2, 0.25) is 0 Å². The lowest BCUT2D eigenvalue weighted by atomic mass is 10.00. The van der Waals surface area contributed by atoms with E-state index in [-0.39, 0.29) is 5.56 Å². The van der Waals surface area contributed by atoms with E-state index in [1.807, 2.05) is 6.92 Å². The lowest BCUT2D eigenvalue weighted by Gasteiger charge is -2.16. The summed E-state index contributed by atoms with van der Waals surface area (Å²) in [5.74, 6) is -0.786. The number of rotatable bonds is 4. The maximum atomic E-state index is 13.7. The van der Waals surface area contributed by atoms with Gasteiger partial charge < -0.3 is 9.84 Å². The van der Waals surface area contributed by atoms with Crippen LogP contribution in [0.1, 0.15) is 24.2 Å². The van der Waals surface area contributed by atoms with Crippen LogP contribution in [-0.2, 0) is 0 Å². The largest absolute Gasteiger partial charge is 0.493 e. The van der Waals surface area contributed by atoms with E-state index in [2.05, 4.69) is 0 Å². The van der Waals surface area contributed by atoms with Crippen molar-refractivity contribution in [1.82, 2.24) is 0 Å². The van der Waals surface area contributed by atoms with Crippen LogP contribution in [0.4, 0.5) is 8.78 Å². The summed E-state index contributed by atoms with van der Waals surface area (Å²) in [6.07, 6.45) is -1.27. The van der Waals surface area contributed by atoms with Crippen LogP contribution >= 0.6 is 0 Å². The van der Waals surface area contributed by atoms with Crippen molar-refractivity contribution in [2.24, 2.45) is 0 Å². The molecule has 0 aliphatic carbocycles. The van der Waals surface area contributed by atoms with Gasteiger partial charge >= 0.3 is 0 Å². The molecule has 0 saturated heterocycles. The summed E-state index contributed by atoms with van der Waals surface area (Å²) in [6.45, 7) is 2.24. The minimum absolute atomic E-state index is 0.104. The van der Waals surface area contributed by atoms with Crippen LogP contribution in [0.25, 0.3) is 0 Å². The first-order valence-electron chi connectivity index (χ1n) is 5.98. The van der Waals surface area contributed by atoms with E-state index < -0.39 is 17.7 Å². The van der Waals surface area contributed by atoms with Crippen molar-refractivity contribution in [3.63, 3.8) is 0 Å². The second-order valence-corrected chi connectivity index (χ2v) is 4.04. The molecular weight excluding hydrogens is 250 g/mol. The Labute approximate surface area is 110 Å². The van der Waals surface area contributed by atoms with Crippen molar-refractivity contribution in [1.29, 1.82) is 0 Å². The van der Waals surface area contributed by atoms with Crippen molar-refractivity contribution >= 4 is 0 Å². The molecule has 0 spiro atoms. The van der Waals surface area contributed by atoms with Gasteiger partial charge in [-0.15, -0.1) is 0 Å². The fourth-order valence-electron chi connectivity index (χ4n) is 1.89. The molecule has 0 aromatic heterocycles. The number of hydrogen-bond acceptors (Lipinski definition) is 2. The molecule has 4 heteroatoms. The van der Waals surface area contributed by atoms with Gasteiger partial charge in [0.05, 0.1) is 6.61 Å². The van der Waals surface area contributed by atoms with Gasteiger partial charge in [0.1, 0.15) is 23.5 Å². The summed E-state index contributed by atoms with van der Waals surface area (Å²) < 4.78 is 32.2. The summed E-state index contributed by atoms with van der Waals surface area (Å²) in [6, 6.07) is 9.76. The van der Waals surface area contributed by atoms with E-state index in [0.29, 0.717) is 17.9 Å². The van der Waals surface area contributed by atoms with E-state index in [9.17, 15) is 13.9 Å². The van der Waals surface area contributed by atoms with Crippen LogP contribution in [0.5, 0.6) is 5.75 Å². The van der Waals surface area contributed by atoms with Crippen LogP contribution < -0.4 is 4.74 Å². The van der Waals surface area contributed by atoms with E-state index in [1.54, 1.807) is 24.3 Å². The highest BCUT2D eigenvalue weighted by molar-refractivity contribution is 5.40. The highest BCUT2D eigenvalue weighted by Crippen LogP contribution is 2.31. The van der Waals surface area contributed by atoms with Crippen molar-refractivity contribution < 1.29 is 18.6 Å². The summed E-state index contributed by atoms with van der Waals surface area (Å²) in [5.41, 5.74) is 0.306. The van der Waals surface area contributed by atoms with Gasteiger partial charge in [-0.2, -0.15) is 0 Å². The van der Waals surface area contributed by atoms with E-state index in [4.69, 9.17) is 4.74 Å². The van der Waals surface area contributed by atoms with Crippen molar-refractivity contribution in [3.8, 4) is 5.75 Å². The number of hydrogen-bond donors (Lipinski definition) is 1. The summed E-state index contributed by atoms with van der Waals surface area (Å²) >= 11 is 0. The van der Waals surface area contributed by atoms with Crippen molar-refractivity contribution in [2.75, 3.05) is 6.61 Å². The number of aliphatic hydroxyl groups is 1. The number of halogens is 2. The minimum atomic E-state index is -1.27. The van der Waals surface area contributed by atoms with Gasteiger partial charge in [-0.05, 0) is 31.2 Å². The summed E-state index contributed by atoms with van der Waals surface area (Å²) in [7, 11) is 0. The molecule has 0 aliphatic heterocycles. The van der Waals surface area contributed by atoms with Gasteiger partial charge in [-0.3, -0.25) is 0 Å². The maximum absolute atomic E-state index is 13.7. The van der Waals surface area contributed by atoms with Crippen molar-refractivity contribution in [3.05, 3.63) is 65.2 Å². The lowest BCUT2D eigenvalue weighted by Crippen LogP contribution is -2.06. The molecular formula is C15H14F2O2. The van der Waals surface area contributed by atoms with Gasteiger partial charge in [0.25, 0.3) is 0 Å². The number of benzene rings is 2. The third-order valence-electron chi connectivity index (χ3n) is 2.77. The highest BCUT2D eigenvalue weighted by atomic mass is 19.1. The topological polar surface area (TPSA) is 29.5 Å². The Morgan fingerprint density at radius 3 is 2.58 bits per heavy atom. The standard InChI is InChI=1S/C15H14F2O2/c1-2-19-14-6-4-3-5-11(14)15(18)12-9-10(16)7-8-13(12)17/h3-9,15,18H,2H2,1H3. The van der Waals surface area contributed by atoms with E-state index in [0.717, 1.165) is 18.2 Å². The molecule has 0 radical (unpaired) electrons. The highest BCUT2D eigenvalue weighted by Gasteiger charge is 2.19. The molecule has 0 saturated carbocycles. The molecule has 0 fully saturated rings. The molecule has 19 heavy (non-hydrogen) atoms. The van der Waals surface area contributed by atoms with Crippen LogP contribution in [-0.4, -0.2) is 11.7 Å². The Morgan fingerprint density at radius 2 is 1.84 bits per heavy atom. The molecule has 2 aromatic carbocycles. The molecule has 1 atom stereocenters. The first kappa shape index (κ1) is 13.5. The van der Waals surface area contributed by atoms with Crippen molar-refractivity contribution in [2.45, 2.75) is 13.0 Å². The molecule has 0 heterocycles. The zero-order valence-corrected chi connectivity index (χ0v) is 10.4. The van der Waals surface area contributed by atoms with E-state index in [1.165, 1.54) is 0 Å². The van der Waals surface area contributed by atoms with Gasteiger partial charge in [0, 0.05) is 11.1 Å². The number of para-hydroxylation sites is 1. The summed E-state index contributed by atoms with van der Waals surface area (Å²) in [4.78, 5) is 0. The monoisotopic (exact) mass is 264 g/mol. The average molecular weight is 264 g/mol. The minimum Gasteiger partial charge on any atom is -0.493 e. The molecule has 1 N–H and O–H groups in total. The van der Waals surface area contributed by atoms with Gasteiger partial charge in [-0.25, -0.2) is 8.78 Å². The Kier molecular flexibility index (Phi) is 4.12. The summed E-state index contributed by atoms with van der Waals surface area (Å²) in [5, 5.41) is 10.2. The average Bonchev–Trinajstić information content (AvgIpc) is 2.42. The van der Waals surface area contributed by atoms with Crippen LogP contribution in [0.15, 0.2) is 42.5 Å². The molecule has 2 rings (SSSR count). The van der Waals surface area contributed by atoms with Crippen LogP contribution in [0.3, 0.4) is 0 Å². The zero-order valence-electron chi connectivity index (χ0n) is 10.4. The molecule has 0 amide bonds. The second kappa shape index (κ2) is 5.80.